The smallest absolute Gasteiger partial charge is 0.418 e. The van der Waals surface area contributed by atoms with Crippen LogP contribution in [-0.2, 0) is 31.8 Å². The topological polar surface area (TPSA) is 150 Å². The highest BCUT2D eigenvalue weighted by Gasteiger charge is 2.44. The lowest BCUT2D eigenvalue weighted by Crippen LogP contribution is -2.47. The molecular formula is C25H34F3N3O6. The summed E-state index contributed by atoms with van der Waals surface area (Å²) in [5.74, 6) is -3.69. The zero-order chi connectivity index (χ0) is 27.6. The third kappa shape index (κ3) is 9.34. The van der Waals surface area contributed by atoms with Crippen molar-refractivity contribution in [3.05, 3.63) is 29.3 Å². The van der Waals surface area contributed by atoms with E-state index in [1.165, 1.54) is 11.0 Å². The maximum Gasteiger partial charge on any atom is 0.418 e. The fourth-order valence-electron chi connectivity index (χ4n) is 4.83. The Morgan fingerprint density at radius 1 is 0.973 bits per heavy atom. The highest BCUT2D eigenvalue weighted by atomic mass is 19.4. The molecule has 1 heterocycles. The number of imide groups is 1. The first-order valence-electron chi connectivity index (χ1n) is 12.3. The number of hydrogen-bond acceptors (Lipinski definition) is 6. The lowest BCUT2D eigenvalue weighted by Gasteiger charge is -2.37. The molecule has 2 aliphatic rings. The highest BCUT2D eigenvalue weighted by Crippen LogP contribution is 2.46. The summed E-state index contributed by atoms with van der Waals surface area (Å²) in [4.78, 5) is 44.5. The fraction of sp³-hybridized carbons (Fsp3) is 0.600. The Morgan fingerprint density at radius 2 is 1.54 bits per heavy atom. The summed E-state index contributed by atoms with van der Waals surface area (Å²) in [5.41, 5.74) is 4.95. The summed E-state index contributed by atoms with van der Waals surface area (Å²) in [6, 6.07) is 4.06. The first-order chi connectivity index (χ1) is 17.3. The number of carboxylic acid groups (broad SMARTS) is 2. The quantitative estimate of drug-likeness (QED) is 0.164. The number of nitrogen functional groups attached to an aromatic ring is 1. The molecule has 5 N–H and O–H groups in total. The van der Waals surface area contributed by atoms with Crippen LogP contribution in [0.2, 0.25) is 0 Å². The largest absolute Gasteiger partial charge is 0.473 e. The van der Waals surface area contributed by atoms with Crippen LogP contribution in [0.1, 0.15) is 68.9 Å². The molecule has 1 spiro atoms. The summed E-state index contributed by atoms with van der Waals surface area (Å²) >= 11 is 0. The van der Waals surface area contributed by atoms with Gasteiger partial charge in [0.2, 0.25) is 11.8 Å². The standard InChI is InChI=1S/C23H32F3N3O2.C2H2O4/c24-23(25,26)18-14-17(7-8-19(18)27)6-5-12-28-11-3-4-13-29-20(30)15-22(16-21(29)31)9-1-2-10-22;3-1(4)2(5)6/h7-8,14,28H,1-6,9-13,15-16,27H2;(H,3,4)(H,5,6). The van der Waals surface area contributed by atoms with Crippen molar-refractivity contribution >= 4 is 29.4 Å². The number of aryl methyl sites for hydroxylation is 1. The van der Waals surface area contributed by atoms with Gasteiger partial charge in [-0.15, -0.1) is 0 Å². The Bertz CT molecular complexity index is 945. The molecule has 1 saturated heterocycles. The van der Waals surface area contributed by atoms with Gasteiger partial charge in [0.05, 0.1) is 5.56 Å². The minimum atomic E-state index is -4.44. The number of anilines is 1. The molecule has 0 aromatic heterocycles. The molecule has 0 unspecified atom stereocenters. The van der Waals surface area contributed by atoms with Crippen LogP contribution < -0.4 is 11.1 Å². The first kappa shape index (κ1) is 30.1. The number of nitrogens with two attached hydrogens (primary N) is 1. The number of likely N-dealkylation sites (tertiary alicyclic amines) is 1. The van der Waals surface area contributed by atoms with E-state index in [-0.39, 0.29) is 22.9 Å². The van der Waals surface area contributed by atoms with Crippen molar-refractivity contribution < 1.29 is 42.6 Å². The number of unbranched alkanes of at least 4 members (excludes halogenated alkanes) is 1. The summed E-state index contributed by atoms with van der Waals surface area (Å²) < 4.78 is 38.7. The van der Waals surface area contributed by atoms with Gasteiger partial charge in [-0.1, -0.05) is 18.9 Å². The number of carboxylic acids is 2. The second-order valence-corrected chi connectivity index (χ2v) is 9.59. The summed E-state index contributed by atoms with van der Waals surface area (Å²) in [6.07, 6.45) is 3.66. The minimum absolute atomic E-state index is 0.0205. The predicted molar refractivity (Wildman–Crippen MR) is 128 cm³/mol. The van der Waals surface area contributed by atoms with E-state index < -0.39 is 23.7 Å². The van der Waals surface area contributed by atoms with Gasteiger partial charge in [-0.2, -0.15) is 13.2 Å². The molecule has 1 aliphatic heterocycles. The normalized spacial score (nSPS) is 17.0. The number of hydrogen-bond donors (Lipinski definition) is 4. The van der Waals surface area contributed by atoms with Gasteiger partial charge in [0.1, 0.15) is 0 Å². The second-order valence-electron chi connectivity index (χ2n) is 9.59. The van der Waals surface area contributed by atoms with Crippen LogP contribution in [0.15, 0.2) is 18.2 Å². The van der Waals surface area contributed by atoms with Gasteiger partial charge < -0.3 is 21.3 Å². The maximum absolute atomic E-state index is 12.9. The second kappa shape index (κ2) is 13.4. The first-order valence-corrected chi connectivity index (χ1v) is 12.3. The van der Waals surface area contributed by atoms with Crippen LogP contribution in [0.3, 0.4) is 0 Å². The number of nitrogens with zero attached hydrogens (tertiary/aromatic N) is 1. The van der Waals surface area contributed by atoms with E-state index in [1.54, 1.807) is 6.07 Å². The Morgan fingerprint density at radius 3 is 2.08 bits per heavy atom. The van der Waals surface area contributed by atoms with Crippen molar-refractivity contribution in [1.29, 1.82) is 0 Å². The van der Waals surface area contributed by atoms with Crippen LogP contribution in [0.4, 0.5) is 18.9 Å². The Kier molecular flexibility index (Phi) is 10.9. The van der Waals surface area contributed by atoms with Gasteiger partial charge in [0.15, 0.2) is 0 Å². The molecule has 1 aliphatic carbocycles. The molecular weight excluding hydrogens is 495 g/mol. The molecule has 3 rings (SSSR count). The number of halogens is 3. The number of alkyl halides is 3. The van der Waals surface area contributed by atoms with Crippen molar-refractivity contribution in [1.82, 2.24) is 10.2 Å². The van der Waals surface area contributed by atoms with E-state index in [4.69, 9.17) is 25.5 Å². The number of benzene rings is 1. The zero-order valence-corrected chi connectivity index (χ0v) is 20.6. The molecule has 0 atom stereocenters. The molecule has 37 heavy (non-hydrogen) atoms. The molecule has 2 amide bonds. The number of carbonyl (C=O) groups excluding carboxylic acids is 2. The average molecular weight is 530 g/mol. The number of rotatable bonds is 9. The van der Waals surface area contributed by atoms with E-state index in [1.807, 2.05) is 0 Å². The minimum Gasteiger partial charge on any atom is -0.473 e. The molecule has 2 fully saturated rings. The predicted octanol–water partition coefficient (Wildman–Crippen LogP) is 3.46. The molecule has 0 bridgehead atoms. The van der Waals surface area contributed by atoms with Crippen molar-refractivity contribution in [3.63, 3.8) is 0 Å². The van der Waals surface area contributed by atoms with Gasteiger partial charge in [0, 0.05) is 25.1 Å². The maximum atomic E-state index is 12.9. The molecule has 9 nitrogen and oxygen atoms in total. The van der Waals surface area contributed by atoms with E-state index in [9.17, 15) is 22.8 Å². The summed E-state index contributed by atoms with van der Waals surface area (Å²) in [7, 11) is 0. The van der Waals surface area contributed by atoms with Crippen LogP contribution in [0.5, 0.6) is 0 Å². The van der Waals surface area contributed by atoms with E-state index in [0.29, 0.717) is 44.3 Å². The monoisotopic (exact) mass is 529 g/mol. The Labute approximate surface area is 213 Å². The van der Waals surface area contributed by atoms with Gasteiger partial charge in [-0.25, -0.2) is 9.59 Å². The molecule has 12 heteroatoms. The average Bonchev–Trinajstić information content (AvgIpc) is 3.24. The lowest BCUT2D eigenvalue weighted by molar-refractivity contribution is -0.159. The summed E-state index contributed by atoms with van der Waals surface area (Å²) in [6.45, 7) is 1.91. The Balaban J connectivity index is 0.000000717. The lowest BCUT2D eigenvalue weighted by atomic mass is 9.76. The van der Waals surface area contributed by atoms with E-state index in [0.717, 1.165) is 51.1 Å². The molecule has 1 aromatic rings. The highest BCUT2D eigenvalue weighted by molar-refractivity contribution is 6.27. The molecule has 0 radical (unpaired) electrons. The van der Waals surface area contributed by atoms with Crippen molar-refractivity contribution in [3.8, 4) is 0 Å². The SMILES string of the molecule is Nc1ccc(CCCNCCCCN2C(=O)CC3(CCCC3)CC2=O)cc1C(F)(F)F.O=C(O)C(=O)O. The van der Waals surface area contributed by atoms with Gasteiger partial charge in [-0.05, 0) is 74.7 Å². The summed E-state index contributed by atoms with van der Waals surface area (Å²) in [5, 5.41) is 18.1. The fourth-order valence-corrected chi connectivity index (χ4v) is 4.83. The number of carbonyl (C=O) groups is 4. The van der Waals surface area contributed by atoms with Gasteiger partial charge >= 0.3 is 18.1 Å². The van der Waals surface area contributed by atoms with Crippen LogP contribution in [0, 0.1) is 5.41 Å². The van der Waals surface area contributed by atoms with Crippen molar-refractivity contribution in [2.45, 2.75) is 70.4 Å². The Hall–Kier alpha value is -3.15. The third-order valence-electron chi connectivity index (χ3n) is 6.73. The van der Waals surface area contributed by atoms with E-state index >= 15 is 0 Å². The molecule has 1 saturated carbocycles. The van der Waals surface area contributed by atoms with Crippen molar-refractivity contribution in [2.75, 3.05) is 25.4 Å². The number of aliphatic carboxylic acids is 2. The zero-order valence-electron chi connectivity index (χ0n) is 20.6. The molecule has 206 valence electrons. The van der Waals surface area contributed by atoms with Crippen molar-refractivity contribution in [2.24, 2.45) is 5.41 Å². The van der Waals surface area contributed by atoms with Gasteiger partial charge in [-0.3, -0.25) is 14.5 Å². The van der Waals surface area contributed by atoms with Crippen LogP contribution >= 0.6 is 0 Å². The van der Waals surface area contributed by atoms with E-state index in [2.05, 4.69) is 5.32 Å². The van der Waals surface area contributed by atoms with Crippen LogP contribution in [-0.4, -0.2) is 58.5 Å². The third-order valence-corrected chi connectivity index (χ3v) is 6.73. The number of amides is 2. The van der Waals surface area contributed by atoms with Crippen LogP contribution in [0.25, 0.3) is 0 Å². The number of nitrogens with one attached hydrogen (secondary N) is 1. The molecule has 1 aromatic carbocycles. The van der Waals surface area contributed by atoms with Gasteiger partial charge in [0.25, 0.3) is 0 Å². The number of piperidine rings is 1.